The maximum absolute atomic E-state index is 11.3. The Kier molecular flexibility index (Phi) is 3.61. The fourth-order valence-electron chi connectivity index (χ4n) is 1.02. The number of hydroxylamine groups is 1. The van der Waals surface area contributed by atoms with Crippen molar-refractivity contribution in [1.82, 2.24) is 5.48 Å². The third-order valence-electron chi connectivity index (χ3n) is 1.90. The summed E-state index contributed by atoms with van der Waals surface area (Å²) in [5.41, 5.74) is 2.90. The molecule has 1 aromatic carbocycles. The van der Waals surface area contributed by atoms with Crippen LogP contribution in [-0.4, -0.2) is 17.0 Å². The summed E-state index contributed by atoms with van der Waals surface area (Å²) >= 11 is 0. The number of rotatable bonds is 4. The molecule has 0 aliphatic carbocycles. The second kappa shape index (κ2) is 4.74. The highest BCUT2D eigenvalue weighted by Crippen LogP contribution is 2.01. The van der Waals surface area contributed by atoms with Crippen molar-refractivity contribution in [3.63, 3.8) is 0 Å². The van der Waals surface area contributed by atoms with Crippen LogP contribution < -0.4 is 5.48 Å². The number of carbonyl (C=O) groups excluding carboxylic acids is 1. The van der Waals surface area contributed by atoms with Crippen LogP contribution in [0.4, 0.5) is 0 Å². The van der Waals surface area contributed by atoms with Crippen molar-refractivity contribution in [3.05, 3.63) is 35.9 Å². The first-order chi connectivity index (χ1) is 6.24. The summed E-state index contributed by atoms with van der Waals surface area (Å²) < 4.78 is 0. The van der Waals surface area contributed by atoms with Crippen molar-refractivity contribution in [1.29, 1.82) is 0 Å². The highest BCUT2D eigenvalue weighted by atomic mass is 16.5. The van der Waals surface area contributed by atoms with Gasteiger partial charge in [-0.25, -0.2) is 0 Å². The van der Waals surface area contributed by atoms with Gasteiger partial charge in [0.15, 0.2) is 5.78 Å². The molecule has 0 aliphatic rings. The molecule has 0 radical (unpaired) electrons. The van der Waals surface area contributed by atoms with Crippen LogP contribution in [0.2, 0.25) is 0 Å². The van der Waals surface area contributed by atoms with Gasteiger partial charge < -0.3 is 5.21 Å². The molecule has 0 aliphatic heterocycles. The standard InChI is InChI=1S/C10H13NO2/c1-8(11-13)10(12)7-9-5-3-2-4-6-9/h2-6,8,11,13H,7H2,1H3. The lowest BCUT2D eigenvalue weighted by atomic mass is 10.1. The van der Waals surface area contributed by atoms with Gasteiger partial charge in [0, 0.05) is 6.42 Å². The van der Waals surface area contributed by atoms with Crippen molar-refractivity contribution in [2.75, 3.05) is 0 Å². The number of nitrogens with one attached hydrogen (secondary N) is 1. The van der Waals surface area contributed by atoms with Gasteiger partial charge >= 0.3 is 0 Å². The predicted octanol–water partition coefficient (Wildman–Crippen LogP) is 1.17. The number of Topliss-reactive ketones (excluding diaryl/α,β-unsaturated/α-hetero) is 1. The highest BCUT2D eigenvalue weighted by molar-refractivity contribution is 5.85. The van der Waals surface area contributed by atoms with E-state index in [9.17, 15) is 4.79 Å². The van der Waals surface area contributed by atoms with Crippen LogP contribution in [0.5, 0.6) is 0 Å². The van der Waals surface area contributed by atoms with Crippen LogP contribution in [0.15, 0.2) is 30.3 Å². The molecule has 0 saturated carbocycles. The molecule has 0 heterocycles. The zero-order valence-electron chi connectivity index (χ0n) is 7.53. The number of hydrogen-bond donors (Lipinski definition) is 2. The van der Waals surface area contributed by atoms with Crippen LogP contribution in [0, 0.1) is 0 Å². The zero-order valence-corrected chi connectivity index (χ0v) is 7.53. The van der Waals surface area contributed by atoms with Gasteiger partial charge in [-0.05, 0) is 12.5 Å². The smallest absolute Gasteiger partial charge is 0.156 e. The molecule has 0 fully saturated rings. The lowest BCUT2D eigenvalue weighted by molar-refractivity contribution is -0.122. The van der Waals surface area contributed by atoms with E-state index in [0.29, 0.717) is 6.42 Å². The second-order valence-corrected chi connectivity index (χ2v) is 2.98. The minimum Gasteiger partial charge on any atom is -0.316 e. The van der Waals surface area contributed by atoms with E-state index in [2.05, 4.69) is 0 Å². The molecule has 0 bridgehead atoms. The molecule has 70 valence electrons. The van der Waals surface area contributed by atoms with Crippen molar-refractivity contribution >= 4 is 5.78 Å². The van der Waals surface area contributed by atoms with Gasteiger partial charge in [0.25, 0.3) is 0 Å². The number of benzene rings is 1. The first kappa shape index (κ1) is 9.89. The molecular weight excluding hydrogens is 166 g/mol. The first-order valence-electron chi connectivity index (χ1n) is 4.20. The largest absolute Gasteiger partial charge is 0.316 e. The van der Waals surface area contributed by atoms with E-state index < -0.39 is 6.04 Å². The quantitative estimate of drug-likeness (QED) is 0.682. The molecule has 1 unspecified atom stereocenters. The lowest BCUT2D eigenvalue weighted by Gasteiger charge is -2.07. The van der Waals surface area contributed by atoms with Gasteiger partial charge in [-0.1, -0.05) is 30.3 Å². The molecule has 0 aromatic heterocycles. The zero-order chi connectivity index (χ0) is 9.68. The van der Waals surface area contributed by atoms with Crippen LogP contribution in [0.3, 0.4) is 0 Å². The van der Waals surface area contributed by atoms with Crippen molar-refractivity contribution in [3.8, 4) is 0 Å². The highest BCUT2D eigenvalue weighted by Gasteiger charge is 2.11. The van der Waals surface area contributed by atoms with Gasteiger partial charge in [-0.15, -0.1) is 0 Å². The Hall–Kier alpha value is -1.19. The Morgan fingerprint density at radius 1 is 1.46 bits per heavy atom. The van der Waals surface area contributed by atoms with E-state index in [0.717, 1.165) is 5.56 Å². The molecule has 1 aromatic rings. The Labute approximate surface area is 77.4 Å². The summed E-state index contributed by atoms with van der Waals surface area (Å²) in [5.74, 6) is -0.0197. The maximum atomic E-state index is 11.3. The maximum Gasteiger partial charge on any atom is 0.156 e. The number of carbonyl (C=O) groups is 1. The Balaban J connectivity index is 2.55. The summed E-state index contributed by atoms with van der Waals surface area (Å²) in [6.45, 7) is 1.63. The summed E-state index contributed by atoms with van der Waals surface area (Å²) in [6.07, 6.45) is 0.357. The Morgan fingerprint density at radius 3 is 2.62 bits per heavy atom. The van der Waals surface area contributed by atoms with Crippen molar-refractivity contribution < 1.29 is 10.0 Å². The van der Waals surface area contributed by atoms with E-state index in [4.69, 9.17) is 5.21 Å². The minimum atomic E-state index is -0.500. The lowest BCUT2D eigenvalue weighted by Crippen LogP contribution is -2.32. The molecule has 2 N–H and O–H groups in total. The van der Waals surface area contributed by atoms with E-state index in [-0.39, 0.29) is 5.78 Å². The molecule has 13 heavy (non-hydrogen) atoms. The van der Waals surface area contributed by atoms with Crippen molar-refractivity contribution in [2.24, 2.45) is 0 Å². The molecule has 1 atom stereocenters. The van der Waals surface area contributed by atoms with E-state index in [1.165, 1.54) is 0 Å². The molecule has 0 amide bonds. The topological polar surface area (TPSA) is 49.3 Å². The number of ketones is 1. The van der Waals surface area contributed by atoms with Gasteiger partial charge in [0.1, 0.15) is 0 Å². The molecule has 1 rings (SSSR count). The van der Waals surface area contributed by atoms with Crippen LogP contribution in [0.1, 0.15) is 12.5 Å². The van der Waals surface area contributed by atoms with Crippen LogP contribution in [-0.2, 0) is 11.2 Å². The fourth-order valence-corrected chi connectivity index (χ4v) is 1.02. The average Bonchev–Trinajstić information content (AvgIpc) is 2.18. The van der Waals surface area contributed by atoms with Gasteiger partial charge in [0.2, 0.25) is 0 Å². The van der Waals surface area contributed by atoms with Gasteiger partial charge in [0.05, 0.1) is 6.04 Å². The van der Waals surface area contributed by atoms with E-state index in [1.807, 2.05) is 35.8 Å². The monoisotopic (exact) mass is 179 g/mol. The number of hydrogen-bond acceptors (Lipinski definition) is 3. The normalized spacial score (nSPS) is 12.5. The summed E-state index contributed by atoms with van der Waals surface area (Å²) in [4.78, 5) is 11.3. The van der Waals surface area contributed by atoms with Crippen molar-refractivity contribution in [2.45, 2.75) is 19.4 Å². The third-order valence-corrected chi connectivity index (χ3v) is 1.90. The first-order valence-corrected chi connectivity index (χ1v) is 4.20. The molecule has 0 saturated heterocycles. The minimum absolute atomic E-state index is 0.0197. The van der Waals surface area contributed by atoms with Gasteiger partial charge in [-0.3, -0.25) is 4.79 Å². The molecule has 3 heteroatoms. The van der Waals surface area contributed by atoms with E-state index >= 15 is 0 Å². The van der Waals surface area contributed by atoms with Crippen LogP contribution >= 0.6 is 0 Å². The molecular formula is C10H13NO2. The van der Waals surface area contributed by atoms with Gasteiger partial charge in [-0.2, -0.15) is 5.48 Å². The summed E-state index contributed by atoms with van der Waals surface area (Å²) in [6, 6.07) is 8.96. The summed E-state index contributed by atoms with van der Waals surface area (Å²) in [7, 11) is 0. The average molecular weight is 179 g/mol. The van der Waals surface area contributed by atoms with Crippen LogP contribution in [0.25, 0.3) is 0 Å². The SMILES string of the molecule is CC(NO)C(=O)Cc1ccccc1. The fraction of sp³-hybridized carbons (Fsp3) is 0.300. The van der Waals surface area contributed by atoms with E-state index in [1.54, 1.807) is 6.92 Å². The molecule has 0 spiro atoms. The Bertz CT molecular complexity index is 272. The second-order valence-electron chi connectivity index (χ2n) is 2.98. The predicted molar refractivity (Wildman–Crippen MR) is 49.5 cm³/mol. The summed E-state index contributed by atoms with van der Waals surface area (Å²) in [5, 5.41) is 8.51. The third kappa shape index (κ3) is 2.97. The Morgan fingerprint density at radius 2 is 2.08 bits per heavy atom. The molecule has 3 nitrogen and oxygen atoms in total.